The van der Waals surface area contributed by atoms with Crippen molar-refractivity contribution < 1.29 is 9.59 Å². The Hall–Kier alpha value is -2.10. The van der Waals surface area contributed by atoms with Crippen LogP contribution in [0.2, 0.25) is 0 Å². The van der Waals surface area contributed by atoms with Gasteiger partial charge in [0, 0.05) is 25.6 Å². The molecule has 1 unspecified atom stereocenters. The molecule has 4 heteroatoms. The Bertz CT molecular complexity index is 607. The predicted octanol–water partition coefficient (Wildman–Crippen LogP) is 1.97. The summed E-state index contributed by atoms with van der Waals surface area (Å²) >= 11 is 0. The van der Waals surface area contributed by atoms with Gasteiger partial charge in [-0.2, -0.15) is 0 Å². The van der Waals surface area contributed by atoms with E-state index in [1.165, 1.54) is 17.2 Å². The van der Waals surface area contributed by atoms with Crippen molar-refractivity contribution >= 4 is 11.7 Å². The third kappa shape index (κ3) is 2.58. The van der Waals surface area contributed by atoms with E-state index in [-0.39, 0.29) is 17.7 Å². The van der Waals surface area contributed by atoms with Gasteiger partial charge in [0.1, 0.15) is 5.70 Å². The Balaban J connectivity index is 1.84. The predicted molar refractivity (Wildman–Crippen MR) is 80.6 cm³/mol. The molecule has 1 amide bonds. The van der Waals surface area contributed by atoms with Crippen LogP contribution in [0.1, 0.15) is 36.9 Å². The average molecular weight is 284 g/mol. The number of amides is 1. The molecule has 0 aliphatic carbocycles. The number of piperazine rings is 1. The number of allylic oxidation sites excluding steroid dienone is 1. The molecule has 1 saturated heterocycles. The van der Waals surface area contributed by atoms with E-state index in [9.17, 15) is 9.59 Å². The lowest BCUT2D eigenvalue weighted by atomic mass is 9.91. The topological polar surface area (TPSA) is 49.4 Å². The minimum absolute atomic E-state index is 0.0178. The Morgan fingerprint density at radius 3 is 3.05 bits per heavy atom. The van der Waals surface area contributed by atoms with Crippen molar-refractivity contribution in [3.8, 4) is 0 Å². The number of carbonyl (C=O) groups excluding carboxylic acids is 2. The summed E-state index contributed by atoms with van der Waals surface area (Å²) in [6.45, 7) is 3.36. The fraction of sp³-hybridized carbons (Fsp3) is 0.412. The van der Waals surface area contributed by atoms with Crippen LogP contribution in [-0.2, 0) is 16.0 Å². The van der Waals surface area contributed by atoms with E-state index < -0.39 is 0 Å². The largest absolute Gasteiger partial charge is 0.378 e. The number of rotatable bonds is 3. The van der Waals surface area contributed by atoms with Crippen molar-refractivity contribution in [1.82, 2.24) is 10.2 Å². The first-order valence-corrected chi connectivity index (χ1v) is 7.58. The second-order valence-electron chi connectivity index (χ2n) is 5.62. The zero-order chi connectivity index (χ0) is 14.8. The molecule has 0 spiro atoms. The molecule has 0 bridgehead atoms. The first-order chi connectivity index (χ1) is 10.2. The summed E-state index contributed by atoms with van der Waals surface area (Å²) in [5, 5.41) is 3.15. The molecule has 0 saturated carbocycles. The van der Waals surface area contributed by atoms with Crippen LogP contribution in [0.5, 0.6) is 0 Å². The number of fused-ring (bicyclic) bond motifs is 3. The lowest BCUT2D eigenvalue weighted by molar-refractivity contribution is -0.132. The second kappa shape index (κ2) is 5.72. The Morgan fingerprint density at radius 2 is 2.24 bits per heavy atom. The highest BCUT2D eigenvalue weighted by molar-refractivity contribution is 6.02. The fourth-order valence-corrected chi connectivity index (χ4v) is 3.14. The molecule has 0 aromatic heterocycles. The van der Waals surface area contributed by atoms with Gasteiger partial charge in [0.05, 0.1) is 6.04 Å². The highest BCUT2D eigenvalue weighted by Gasteiger charge is 2.35. The van der Waals surface area contributed by atoms with Gasteiger partial charge in [0.2, 0.25) is 0 Å². The maximum atomic E-state index is 12.6. The molecule has 4 nitrogen and oxygen atoms in total. The van der Waals surface area contributed by atoms with Gasteiger partial charge in [0.25, 0.3) is 5.91 Å². The minimum atomic E-state index is -0.0507. The smallest absolute Gasteiger partial charge is 0.270 e. The fourth-order valence-electron chi connectivity index (χ4n) is 3.14. The van der Waals surface area contributed by atoms with Gasteiger partial charge >= 0.3 is 0 Å². The van der Waals surface area contributed by atoms with Crippen molar-refractivity contribution in [3.05, 3.63) is 47.2 Å². The molecule has 1 N–H and O–H groups in total. The molecule has 21 heavy (non-hydrogen) atoms. The quantitative estimate of drug-likeness (QED) is 0.863. The highest BCUT2D eigenvalue weighted by Crippen LogP contribution is 2.32. The molecule has 1 fully saturated rings. The van der Waals surface area contributed by atoms with Gasteiger partial charge in [-0.3, -0.25) is 9.59 Å². The molecule has 110 valence electrons. The summed E-state index contributed by atoms with van der Waals surface area (Å²) in [6, 6.07) is 8.37. The van der Waals surface area contributed by atoms with Gasteiger partial charge in [-0.15, -0.1) is 0 Å². The highest BCUT2D eigenvalue weighted by atomic mass is 16.2. The van der Waals surface area contributed by atoms with Gasteiger partial charge in [-0.1, -0.05) is 31.2 Å². The number of carbonyl (C=O) groups is 2. The molecular formula is C17H20N2O2. The number of hydrogen-bond donors (Lipinski definition) is 1. The number of hydrogen-bond acceptors (Lipinski definition) is 3. The van der Waals surface area contributed by atoms with E-state index in [2.05, 4.69) is 17.4 Å². The normalized spacial score (nSPS) is 22.5. The van der Waals surface area contributed by atoms with Crippen LogP contribution in [0, 0.1) is 0 Å². The number of nitrogens with one attached hydrogen (secondary N) is 1. The molecule has 2 aliphatic heterocycles. The molecule has 3 rings (SSSR count). The summed E-state index contributed by atoms with van der Waals surface area (Å²) in [6.07, 6.45) is 3.65. The second-order valence-corrected chi connectivity index (χ2v) is 5.62. The molecule has 1 atom stereocenters. The number of benzene rings is 1. The SMILES string of the molecule is CCCC(=O)C=C1NCC2c3ccccc3CCN2C1=O. The first kappa shape index (κ1) is 13.9. The van der Waals surface area contributed by atoms with Crippen molar-refractivity contribution in [1.29, 1.82) is 0 Å². The van der Waals surface area contributed by atoms with E-state index in [0.29, 0.717) is 18.7 Å². The van der Waals surface area contributed by atoms with Crippen LogP contribution in [0.4, 0.5) is 0 Å². The maximum absolute atomic E-state index is 12.6. The zero-order valence-corrected chi connectivity index (χ0v) is 12.3. The molecule has 1 aromatic carbocycles. The lowest BCUT2D eigenvalue weighted by Gasteiger charge is -2.41. The number of ketones is 1. The van der Waals surface area contributed by atoms with Crippen molar-refractivity contribution in [2.75, 3.05) is 13.1 Å². The molecule has 0 radical (unpaired) electrons. The molecule has 2 aliphatic rings. The molecule has 2 heterocycles. The van der Waals surface area contributed by atoms with Crippen LogP contribution >= 0.6 is 0 Å². The average Bonchev–Trinajstić information content (AvgIpc) is 2.50. The lowest BCUT2D eigenvalue weighted by Crippen LogP contribution is -2.51. The Kier molecular flexibility index (Phi) is 3.78. The van der Waals surface area contributed by atoms with Gasteiger partial charge < -0.3 is 10.2 Å². The molecule has 1 aromatic rings. The maximum Gasteiger partial charge on any atom is 0.270 e. The van der Waals surface area contributed by atoms with Crippen LogP contribution < -0.4 is 5.32 Å². The van der Waals surface area contributed by atoms with Crippen LogP contribution in [0.15, 0.2) is 36.0 Å². The summed E-state index contributed by atoms with van der Waals surface area (Å²) in [4.78, 5) is 26.2. The van der Waals surface area contributed by atoms with Crippen LogP contribution in [0.3, 0.4) is 0 Å². The van der Waals surface area contributed by atoms with E-state index in [1.54, 1.807) is 0 Å². The van der Waals surface area contributed by atoms with Gasteiger partial charge in [0.15, 0.2) is 5.78 Å². The van der Waals surface area contributed by atoms with Gasteiger partial charge in [-0.05, 0) is 24.0 Å². The summed E-state index contributed by atoms with van der Waals surface area (Å²) in [5.74, 6) is -0.0329. The van der Waals surface area contributed by atoms with Crippen molar-refractivity contribution in [2.45, 2.75) is 32.2 Å². The van der Waals surface area contributed by atoms with Gasteiger partial charge in [-0.25, -0.2) is 0 Å². The third-order valence-corrected chi connectivity index (χ3v) is 4.19. The van der Waals surface area contributed by atoms with Crippen LogP contribution in [0.25, 0.3) is 0 Å². The first-order valence-electron chi connectivity index (χ1n) is 7.58. The summed E-state index contributed by atoms with van der Waals surface area (Å²) < 4.78 is 0. The van der Waals surface area contributed by atoms with E-state index in [4.69, 9.17) is 0 Å². The van der Waals surface area contributed by atoms with E-state index >= 15 is 0 Å². The zero-order valence-electron chi connectivity index (χ0n) is 12.3. The number of nitrogens with zero attached hydrogens (tertiary/aromatic N) is 1. The van der Waals surface area contributed by atoms with Crippen molar-refractivity contribution in [3.63, 3.8) is 0 Å². The third-order valence-electron chi connectivity index (χ3n) is 4.19. The van der Waals surface area contributed by atoms with E-state index in [1.807, 2.05) is 24.0 Å². The molecular weight excluding hydrogens is 264 g/mol. The minimum Gasteiger partial charge on any atom is -0.378 e. The monoisotopic (exact) mass is 284 g/mol. The summed E-state index contributed by atoms with van der Waals surface area (Å²) in [7, 11) is 0. The standard InChI is InChI=1S/C17H20N2O2/c1-2-5-13(20)10-15-17(21)19-9-8-12-6-3-4-7-14(12)16(19)11-18-15/h3-4,6-7,10,16,18H,2,5,8-9,11H2,1H3. The van der Waals surface area contributed by atoms with Crippen LogP contribution in [-0.4, -0.2) is 29.7 Å². The van der Waals surface area contributed by atoms with Crippen molar-refractivity contribution in [2.24, 2.45) is 0 Å². The Morgan fingerprint density at radius 1 is 1.43 bits per heavy atom. The Labute approximate surface area is 124 Å². The summed E-state index contributed by atoms with van der Waals surface area (Å²) in [5.41, 5.74) is 3.00. The van der Waals surface area contributed by atoms with E-state index in [0.717, 1.165) is 19.4 Å².